The normalized spacial score (nSPS) is 11.0. The SMILES string of the molecule is CNC(=O)c1ccc(Nc2nc(-c3cnc4ccccn34)c(C)s2)s1. The Kier molecular flexibility index (Phi) is 3.98. The second-order valence-corrected chi connectivity index (χ2v) is 7.65. The van der Waals surface area contributed by atoms with Crippen LogP contribution in [0.3, 0.4) is 0 Å². The highest BCUT2D eigenvalue weighted by molar-refractivity contribution is 7.19. The van der Waals surface area contributed by atoms with E-state index >= 15 is 0 Å². The van der Waals surface area contributed by atoms with Crippen LogP contribution >= 0.6 is 22.7 Å². The van der Waals surface area contributed by atoms with Crippen LogP contribution in [-0.4, -0.2) is 27.3 Å². The summed E-state index contributed by atoms with van der Waals surface area (Å²) in [5, 5.41) is 7.60. The van der Waals surface area contributed by atoms with Crippen LogP contribution in [0.2, 0.25) is 0 Å². The monoisotopic (exact) mass is 369 g/mol. The van der Waals surface area contributed by atoms with E-state index in [2.05, 4.69) is 15.6 Å². The van der Waals surface area contributed by atoms with Gasteiger partial charge in [-0.15, -0.1) is 22.7 Å². The molecule has 4 heterocycles. The number of anilines is 2. The molecular weight excluding hydrogens is 354 g/mol. The number of amides is 1. The number of aromatic nitrogens is 3. The van der Waals surface area contributed by atoms with Crippen molar-refractivity contribution in [3.63, 3.8) is 0 Å². The molecule has 0 aliphatic rings. The van der Waals surface area contributed by atoms with Gasteiger partial charge in [0.15, 0.2) is 5.13 Å². The molecule has 6 nitrogen and oxygen atoms in total. The Hall–Kier alpha value is -2.71. The van der Waals surface area contributed by atoms with Gasteiger partial charge in [0.1, 0.15) is 11.3 Å². The van der Waals surface area contributed by atoms with Gasteiger partial charge in [-0.25, -0.2) is 9.97 Å². The summed E-state index contributed by atoms with van der Waals surface area (Å²) >= 11 is 2.98. The number of thiophene rings is 1. The van der Waals surface area contributed by atoms with Gasteiger partial charge in [-0.2, -0.15) is 0 Å². The molecule has 0 aliphatic heterocycles. The zero-order chi connectivity index (χ0) is 17.4. The molecule has 0 bridgehead atoms. The van der Waals surface area contributed by atoms with E-state index in [4.69, 9.17) is 4.98 Å². The van der Waals surface area contributed by atoms with Crippen LogP contribution in [0.4, 0.5) is 10.1 Å². The Morgan fingerprint density at radius 3 is 2.92 bits per heavy atom. The van der Waals surface area contributed by atoms with Crippen molar-refractivity contribution < 1.29 is 4.79 Å². The maximum Gasteiger partial charge on any atom is 0.261 e. The number of carbonyl (C=O) groups is 1. The second-order valence-electron chi connectivity index (χ2n) is 5.36. The minimum Gasteiger partial charge on any atom is -0.354 e. The number of nitrogens with zero attached hydrogens (tertiary/aromatic N) is 3. The molecule has 4 aromatic heterocycles. The van der Waals surface area contributed by atoms with Crippen LogP contribution in [-0.2, 0) is 0 Å². The standard InChI is InChI=1S/C17H15N5OS2/c1-10-15(11-9-19-13-5-3-4-8-22(11)13)21-17(24-10)20-14-7-6-12(25-14)16(23)18-2/h3-9H,1-2H3,(H,18,23)(H,20,21). The highest BCUT2D eigenvalue weighted by atomic mass is 32.1. The minimum absolute atomic E-state index is 0.0835. The minimum atomic E-state index is -0.0835. The third-order valence-electron chi connectivity index (χ3n) is 3.74. The van der Waals surface area contributed by atoms with E-state index < -0.39 is 0 Å². The predicted molar refractivity (Wildman–Crippen MR) is 102 cm³/mol. The predicted octanol–water partition coefficient (Wildman–Crippen LogP) is 3.93. The first-order valence-corrected chi connectivity index (χ1v) is 9.28. The number of hydrogen-bond donors (Lipinski definition) is 2. The number of imidazole rings is 1. The molecule has 0 spiro atoms. The lowest BCUT2D eigenvalue weighted by atomic mass is 10.3. The number of pyridine rings is 1. The lowest BCUT2D eigenvalue weighted by Gasteiger charge is -1.99. The second kappa shape index (κ2) is 6.30. The molecule has 4 aromatic rings. The molecule has 0 atom stereocenters. The zero-order valence-corrected chi connectivity index (χ0v) is 15.2. The number of fused-ring (bicyclic) bond motifs is 1. The van der Waals surface area contributed by atoms with Gasteiger partial charge in [-0.1, -0.05) is 6.07 Å². The smallest absolute Gasteiger partial charge is 0.261 e. The molecule has 2 N–H and O–H groups in total. The Morgan fingerprint density at radius 2 is 2.08 bits per heavy atom. The summed E-state index contributed by atoms with van der Waals surface area (Å²) in [6.45, 7) is 2.05. The van der Waals surface area contributed by atoms with Gasteiger partial charge in [0.2, 0.25) is 0 Å². The van der Waals surface area contributed by atoms with E-state index in [1.807, 2.05) is 48.0 Å². The summed E-state index contributed by atoms with van der Waals surface area (Å²) in [7, 11) is 1.63. The molecule has 0 saturated heterocycles. The van der Waals surface area contributed by atoms with Gasteiger partial charge in [0.25, 0.3) is 5.91 Å². The molecule has 25 heavy (non-hydrogen) atoms. The number of thiazole rings is 1. The molecule has 126 valence electrons. The van der Waals surface area contributed by atoms with Crippen molar-refractivity contribution in [2.75, 3.05) is 12.4 Å². The summed E-state index contributed by atoms with van der Waals surface area (Å²) in [4.78, 5) is 22.6. The summed E-state index contributed by atoms with van der Waals surface area (Å²) in [5.41, 5.74) is 2.77. The van der Waals surface area contributed by atoms with Gasteiger partial charge in [0, 0.05) is 18.1 Å². The fourth-order valence-corrected chi connectivity index (χ4v) is 4.30. The molecule has 0 aromatic carbocycles. The summed E-state index contributed by atoms with van der Waals surface area (Å²) < 4.78 is 2.03. The molecule has 0 aliphatic carbocycles. The fraction of sp³-hybridized carbons (Fsp3) is 0.118. The maximum atomic E-state index is 11.7. The fourth-order valence-electron chi connectivity index (χ4n) is 2.55. The van der Waals surface area contributed by atoms with Gasteiger partial charge in [0.05, 0.1) is 21.8 Å². The lowest BCUT2D eigenvalue weighted by molar-refractivity contribution is 0.0967. The first-order valence-electron chi connectivity index (χ1n) is 7.64. The van der Waals surface area contributed by atoms with Gasteiger partial charge >= 0.3 is 0 Å². The van der Waals surface area contributed by atoms with Crippen LogP contribution in [0, 0.1) is 6.92 Å². The molecule has 0 saturated carbocycles. The molecule has 0 fully saturated rings. The van der Waals surface area contributed by atoms with E-state index in [0.717, 1.165) is 32.0 Å². The first kappa shape index (κ1) is 15.8. The van der Waals surface area contributed by atoms with Crippen molar-refractivity contribution in [3.05, 3.63) is 52.5 Å². The Bertz CT molecular complexity index is 1060. The van der Waals surface area contributed by atoms with E-state index in [1.54, 1.807) is 24.5 Å². The largest absolute Gasteiger partial charge is 0.354 e. The van der Waals surface area contributed by atoms with Crippen molar-refractivity contribution in [1.82, 2.24) is 19.7 Å². The molecule has 1 amide bonds. The van der Waals surface area contributed by atoms with Crippen molar-refractivity contribution in [2.45, 2.75) is 6.92 Å². The van der Waals surface area contributed by atoms with E-state index in [0.29, 0.717) is 4.88 Å². The molecule has 4 rings (SSSR count). The van der Waals surface area contributed by atoms with Crippen LogP contribution in [0.1, 0.15) is 14.5 Å². The van der Waals surface area contributed by atoms with Crippen molar-refractivity contribution >= 4 is 44.4 Å². The van der Waals surface area contributed by atoms with Crippen LogP contribution in [0.5, 0.6) is 0 Å². The number of rotatable bonds is 4. The van der Waals surface area contributed by atoms with Crippen molar-refractivity contribution in [3.8, 4) is 11.4 Å². The third kappa shape index (κ3) is 2.90. The molecular formula is C17H15N5OS2. The number of nitrogens with one attached hydrogen (secondary N) is 2. The Morgan fingerprint density at radius 1 is 1.20 bits per heavy atom. The molecule has 0 unspecified atom stereocenters. The van der Waals surface area contributed by atoms with E-state index in [9.17, 15) is 4.79 Å². The van der Waals surface area contributed by atoms with Crippen LogP contribution in [0.15, 0.2) is 42.7 Å². The number of aryl methyl sites for hydroxylation is 1. The Labute approximate surface area is 152 Å². The first-order chi connectivity index (χ1) is 12.2. The van der Waals surface area contributed by atoms with Crippen molar-refractivity contribution in [2.24, 2.45) is 0 Å². The van der Waals surface area contributed by atoms with Crippen LogP contribution in [0.25, 0.3) is 17.0 Å². The number of carbonyl (C=O) groups excluding carboxylic acids is 1. The van der Waals surface area contributed by atoms with Crippen molar-refractivity contribution in [1.29, 1.82) is 0 Å². The zero-order valence-electron chi connectivity index (χ0n) is 13.6. The summed E-state index contributed by atoms with van der Waals surface area (Å²) in [6.07, 6.45) is 3.83. The quantitative estimate of drug-likeness (QED) is 0.572. The Balaban J connectivity index is 1.64. The average molecular weight is 369 g/mol. The number of hydrogen-bond acceptors (Lipinski definition) is 6. The van der Waals surface area contributed by atoms with Gasteiger partial charge in [-0.3, -0.25) is 9.20 Å². The topological polar surface area (TPSA) is 71.3 Å². The molecule has 8 heteroatoms. The average Bonchev–Trinajstić information content (AvgIpc) is 3.33. The molecule has 0 radical (unpaired) electrons. The summed E-state index contributed by atoms with van der Waals surface area (Å²) in [5.74, 6) is -0.0835. The third-order valence-corrected chi connectivity index (χ3v) is 5.63. The van der Waals surface area contributed by atoms with Crippen LogP contribution < -0.4 is 10.6 Å². The maximum absolute atomic E-state index is 11.7. The van der Waals surface area contributed by atoms with Gasteiger partial charge < -0.3 is 10.6 Å². The highest BCUT2D eigenvalue weighted by Gasteiger charge is 2.15. The lowest BCUT2D eigenvalue weighted by Crippen LogP contribution is -2.15. The van der Waals surface area contributed by atoms with Gasteiger partial charge in [-0.05, 0) is 31.2 Å². The van der Waals surface area contributed by atoms with E-state index in [-0.39, 0.29) is 5.91 Å². The highest BCUT2D eigenvalue weighted by Crippen LogP contribution is 2.34. The van der Waals surface area contributed by atoms with E-state index in [1.165, 1.54) is 11.3 Å². The summed E-state index contributed by atoms with van der Waals surface area (Å²) in [6, 6.07) is 9.60.